The van der Waals surface area contributed by atoms with E-state index in [1.54, 1.807) is 18.5 Å². The molecule has 5 rings (SSSR count). The highest BCUT2D eigenvalue weighted by Gasteiger charge is 2.17. The van der Waals surface area contributed by atoms with Gasteiger partial charge < -0.3 is 19.7 Å². The van der Waals surface area contributed by atoms with Crippen molar-refractivity contribution in [1.82, 2.24) is 29.4 Å². The van der Waals surface area contributed by atoms with E-state index in [-0.39, 0.29) is 5.91 Å². The van der Waals surface area contributed by atoms with Gasteiger partial charge in [-0.15, -0.1) is 0 Å². The van der Waals surface area contributed by atoms with Crippen molar-refractivity contribution in [3.8, 4) is 11.3 Å². The number of carbonyl (C=O) groups is 1. The summed E-state index contributed by atoms with van der Waals surface area (Å²) < 4.78 is 2.02. The zero-order valence-corrected chi connectivity index (χ0v) is 19.0. The summed E-state index contributed by atoms with van der Waals surface area (Å²) in [6.07, 6.45) is 7.01. The SMILES string of the molecule is Cc1ncc(-c2cnc3cnc(NC(=O)c4ccnc(N5CCN(C)CC5)c4)cc3c2)n1C. The second-order valence-corrected chi connectivity index (χ2v) is 8.38. The fourth-order valence-corrected chi connectivity index (χ4v) is 3.97. The molecule has 1 saturated heterocycles. The zero-order chi connectivity index (χ0) is 22.9. The van der Waals surface area contributed by atoms with E-state index >= 15 is 0 Å². The third kappa shape index (κ3) is 4.27. The quantitative estimate of drug-likeness (QED) is 0.520. The van der Waals surface area contributed by atoms with Crippen molar-refractivity contribution in [2.75, 3.05) is 43.4 Å². The molecule has 0 atom stereocenters. The highest BCUT2D eigenvalue weighted by molar-refractivity contribution is 6.04. The van der Waals surface area contributed by atoms with Crippen molar-refractivity contribution in [3.63, 3.8) is 0 Å². The number of aryl methyl sites for hydroxylation is 1. The Morgan fingerprint density at radius 3 is 2.52 bits per heavy atom. The topological polar surface area (TPSA) is 92.1 Å². The molecule has 9 nitrogen and oxygen atoms in total. The number of carbonyl (C=O) groups excluding carboxylic acids is 1. The van der Waals surface area contributed by atoms with Crippen molar-refractivity contribution in [3.05, 3.63) is 60.4 Å². The van der Waals surface area contributed by atoms with Crippen LogP contribution in [-0.4, -0.2) is 68.5 Å². The number of rotatable bonds is 4. The molecule has 0 unspecified atom stereocenters. The maximum absolute atomic E-state index is 12.9. The average Bonchev–Trinajstić information content (AvgIpc) is 3.17. The highest BCUT2D eigenvalue weighted by atomic mass is 16.1. The molecule has 1 amide bonds. The molecule has 0 bridgehead atoms. The van der Waals surface area contributed by atoms with Crippen LogP contribution in [0.3, 0.4) is 0 Å². The van der Waals surface area contributed by atoms with Crippen LogP contribution >= 0.6 is 0 Å². The molecule has 0 saturated carbocycles. The highest BCUT2D eigenvalue weighted by Crippen LogP contribution is 2.24. The average molecular weight is 443 g/mol. The first-order valence-corrected chi connectivity index (χ1v) is 10.9. The summed E-state index contributed by atoms with van der Waals surface area (Å²) in [4.78, 5) is 35.2. The molecule has 168 valence electrons. The number of imidazole rings is 1. The minimum Gasteiger partial charge on any atom is -0.354 e. The molecule has 5 heterocycles. The van der Waals surface area contributed by atoms with Crippen molar-refractivity contribution >= 4 is 28.4 Å². The van der Waals surface area contributed by atoms with E-state index in [0.717, 1.165) is 60.0 Å². The predicted molar refractivity (Wildman–Crippen MR) is 128 cm³/mol. The predicted octanol–water partition coefficient (Wildman–Crippen LogP) is 2.74. The third-order valence-corrected chi connectivity index (χ3v) is 6.16. The van der Waals surface area contributed by atoms with Crippen molar-refractivity contribution in [1.29, 1.82) is 0 Å². The smallest absolute Gasteiger partial charge is 0.257 e. The van der Waals surface area contributed by atoms with Crippen LogP contribution in [0.4, 0.5) is 11.6 Å². The summed E-state index contributed by atoms with van der Waals surface area (Å²) in [5, 5.41) is 3.81. The van der Waals surface area contributed by atoms with Crippen LogP contribution in [0.2, 0.25) is 0 Å². The summed E-state index contributed by atoms with van der Waals surface area (Å²) in [5.74, 6) is 2.01. The summed E-state index contributed by atoms with van der Waals surface area (Å²) in [7, 11) is 4.09. The minimum absolute atomic E-state index is 0.217. The Hall–Kier alpha value is -3.85. The van der Waals surface area contributed by atoms with Crippen LogP contribution in [0, 0.1) is 6.92 Å². The van der Waals surface area contributed by atoms with Gasteiger partial charge >= 0.3 is 0 Å². The van der Waals surface area contributed by atoms with Crippen molar-refractivity contribution in [2.24, 2.45) is 7.05 Å². The number of fused-ring (bicyclic) bond motifs is 1. The van der Waals surface area contributed by atoms with E-state index in [9.17, 15) is 4.79 Å². The lowest BCUT2D eigenvalue weighted by Crippen LogP contribution is -2.44. The second-order valence-electron chi connectivity index (χ2n) is 8.38. The van der Waals surface area contributed by atoms with Crippen molar-refractivity contribution in [2.45, 2.75) is 6.92 Å². The van der Waals surface area contributed by atoms with Gasteiger partial charge in [-0.25, -0.2) is 15.0 Å². The first-order valence-electron chi connectivity index (χ1n) is 10.9. The van der Waals surface area contributed by atoms with Gasteiger partial charge in [-0.05, 0) is 38.2 Å². The second kappa shape index (κ2) is 8.59. The molecule has 1 aliphatic heterocycles. The van der Waals surface area contributed by atoms with Crippen LogP contribution in [0.1, 0.15) is 16.2 Å². The Morgan fingerprint density at radius 2 is 1.76 bits per heavy atom. The van der Waals surface area contributed by atoms with E-state index in [4.69, 9.17) is 0 Å². The van der Waals surface area contributed by atoms with Crippen LogP contribution in [0.15, 0.2) is 49.1 Å². The van der Waals surface area contributed by atoms with Gasteiger partial charge in [0.1, 0.15) is 17.5 Å². The molecule has 0 spiro atoms. The number of piperazine rings is 1. The Morgan fingerprint density at radius 1 is 0.939 bits per heavy atom. The van der Waals surface area contributed by atoms with Gasteiger partial charge in [0, 0.05) is 62.1 Å². The number of nitrogens with zero attached hydrogens (tertiary/aromatic N) is 7. The maximum atomic E-state index is 12.9. The number of hydrogen-bond donors (Lipinski definition) is 1. The Balaban J connectivity index is 1.37. The first kappa shape index (κ1) is 21.0. The van der Waals surface area contributed by atoms with Crippen LogP contribution in [-0.2, 0) is 7.05 Å². The number of anilines is 2. The van der Waals surface area contributed by atoms with E-state index in [2.05, 4.69) is 42.1 Å². The largest absolute Gasteiger partial charge is 0.354 e. The molecular formula is C24H26N8O. The Labute approximate surface area is 192 Å². The fraction of sp³-hybridized carbons (Fsp3) is 0.292. The molecule has 4 aromatic heterocycles. The monoisotopic (exact) mass is 442 g/mol. The molecule has 4 aromatic rings. The lowest BCUT2D eigenvalue weighted by atomic mass is 10.1. The van der Waals surface area contributed by atoms with E-state index in [1.165, 1.54) is 0 Å². The minimum atomic E-state index is -0.217. The fourth-order valence-electron chi connectivity index (χ4n) is 3.97. The molecule has 0 aliphatic carbocycles. The Bertz CT molecular complexity index is 1320. The van der Waals surface area contributed by atoms with E-state index in [0.29, 0.717) is 11.4 Å². The van der Waals surface area contributed by atoms with Crippen LogP contribution < -0.4 is 10.2 Å². The first-order chi connectivity index (χ1) is 16.0. The molecule has 0 aromatic carbocycles. The zero-order valence-electron chi connectivity index (χ0n) is 19.0. The number of likely N-dealkylation sites (N-methyl/N-ethyl adjacent to an activating group) is 1. The lowest BCUT2D eigenvalue weighted by Gasteiger charge is -2.33. The van der Waals surface area contributed by atoms with Crippen LogP contribution in [0.25, 0.3) is 22.2 Å². The molecule has 1 N–H and O–H groups in total. The van der Waals surface area contributed by atoms with Gasteiger partial charge in [-0.3, -0.25) is 9.78 Å². The van der Waals surface area contributed by atoms with Crippen LogP contribution in [0.5, 0.6) is 0 Å². The molecule has 1 aliphatic rings. The number of hydrogen-bond acceptors (Lipinski definition) is 7. The van der Waals surface area contributed by atoms with Gasteiger partial charge in [0.05, 0.1) is 23.6 Å². The third-order valence-electron chi connectivity index (χ3n) is 6.16. The standard InChI is InChI=1S/C24H26N8O/c1-16-26-15-21(31(16)3)19-10-18-11-22(28-14-20(18)27-13-19)29-24(33)17-4-5-25-23(12-17)32-8-6-30(2)7-9-32/h4-5,10-15H,6-9H2,1-3H3,(H,28,29,33). The number of nitrogens with one attached hydrogen (secondary N) is 1. The van der Waals surface area contributed by atoms with E-state index < -0.39 is 0 Å². The van der Waals surface area contributed by atoms with Gasteiger partial charge in [0.2, 0.25) is 0 Å². The van der Waals surface area contributed by atoms with Crippen molar-refractivity contribution < 1.29 is 4.79 Å². The summed E-state index contributed by atoms with van der Waals surface area (Å²) >= 11 is 0. The Kier molecular flexibility index (Phi) is 5.47. The molecule has 1 fully saturated rings. The summed E-state index contributed by atoms with van der Waals surface area (Å²) in [6, 6.07) is 7.44. The molecular weight excluding hydrogens is 416 g/mol. The molecule has 33 heavy (non-hydrogen) atoms. The normalized spacial score (nSPS) is 14.6. The van der Waals surface area contributed by atoms with Gasteiger partial charge in [-0.1, -0.05) is 0 Å². The molecule has 9 heteroatoms. The van der Waals surface area contributed by atoms with Gasteiger partial charge in [-0.2, -0.15) is 0 Å². The lowest BCUT2D eigenvalue weighted by molar-refractivity contribution is 0.102. The number of aromatic nitrogens is 5. The number of amides is 1. The molecule has 0 radical (unpaired) electrons. The number of pyridine rings is 3. The summed E-state index contributed by atoms with van der Waals surface area (Å²) in [5.41, 5.74) is 3.26. The van der Waals surface area contributed by atoms with E-state index in [1.807, 2.05) is 49.1 Å². The summed E-state index contributed by atoms with van der Waals surface area (Å²) in [6.45, 7) is 5.71. The maximum Gasteiger partial charge on any atom is 0.257 e. The van der Waals surface area contributed by atoms with Gasteiger partial charge in [0.15, 0.2) is 0 Å². The van der Waals surface area contributed by atoms with Gasteiger partial charge in [0.25, 0.3) is 5.91 Å².